The van der Waals surface area contributed by atoms with Gasteiger partial charge in [-0.05, 0) is 135 Å². The minimum Gasteiger partial charge on any atom is -0.497 e. The number of methoxy groups -OCH3 is 1. The van der Waals surface area contributed by atoms with Crippen LogP contribution in [0.2, 0.25) is 0 Å². The molecule has 10 nitrogen and oxygen atoms in total. The van der Waals surface area contributed by atoms with Crippen LogP contribution in [0.5, 0.6) is 5.75 Å². The van der Waals surface area contributed by atoms with Crippen molar-refractivity contribution in [3.05, 3.63) is 41.2 Å². The Morgan fingerprint density at radius 1 is 0.947 bits per heavy atom. The number of ether oxygens (including phenoxy) is 2. The summed E-state index contributed by atoms with van der Waals surface area (Å²) in [6.45, 7) is 20.9. The van der Waals surface area contributed by atoms with Gasteiger partial charge in [-0.15, -0.1) is 10.2 Å². The van der Waals surface area contributed by atoms with E-state index in [4.69, 9.17) is 25.4 Å². The van der Waals surface area contributed by atoms with Crippen molar-refractivity contribution in [1.29, 1.82) is 0 Å². The number of esters is 1. The number of aliphatic carboxylic acids is 1. The first-order valence-electron chi connectivity index (χ1n) is 21.7. The molecule has 8 atom stereocenters. The second-order valence-corrected chi connectivity index (χ2v) is 21.0. The minimum absolute atomic E-state index is 0.0164. The van der Waals surface area contributed by atoms with Gasteiger partial charge >= 0.3 is 11.9 Å². The first-order chi connectivity index (χ1) is 26.7. The van der Waals surface area contributed by atoms with Gasteiger partial charge in [0.05, 0.1) is 18.9 Å². The van der Waals surface area contributed by atoms with Crippen LogP contribution in [-0.4, -0.2) is 57.4 Å². The van der Waals surface area contributed by atoms with Crippen molar-refractivity contribution in [3.8, 4) is 17.1 Å². The molecule has 1 aromatic carbocycles. The van der Waals surface area contributed by atoms with Crippen LogP contribution in [0.15, 0.2) is 35.4 Å². The molecule has 0 saturated heterocycles. The van der Waals surface area contributed by atoms with E-state index in [1.54, 1.807) is 21.0 Å². The van der Waals surface area contributed by atoms with Gasteiger partial charge < -0.3 is 24.9 Å². The quantitative estimate of drug-likeness (QED) is 0.213. The number of ketones is 1. The number of aromatic nitrogens is 3. The van der Waals surface area contributed by atoms with E-state index in [-0.39, 0.29) is 45.5 Å². The molecule has 5 aliphatic rings. The topological polar surface area (TPSA) is 147 Å². The maximum atomic E-state index is 14.3. The van der Waals surface area contributed by atoms with Crippen LogP contribution in [0.3, 0.4) is 0 Å². The number of hydrogen-bond acceptors (Lipinski definition) is 8. The average molecular weight is 785 g/mol. The third kappa shape index (κ3) is 6.40. The first kappa shape index (κ1) is 41.6. The summed E-state index contributed by atoms with van der Waals surface area (Å²) >= 11 is 0. The number of carboxylic acid groups (broad SMARTS) is 1. The Bertz CT molecular complexity index is 1950. The highest BCUT2D eigenvalue weighted by Gasteiger charge is 2.70. The smallest absolute Gasteiger partial charge is 0.309 e. The molecule has 5 aliphatic carbocycles. The van der Waals surface area contributed by atoms with Gasteiger partial charge in [0.2, 0.25) is 0 Å². The number of allylic oxidation sites excluding steroid dienone is 2. The zero-order valence-corrected chi connectivity index (χ0v) is 36.3. The second-order valence-electron chi connectivity index (χ2n) is 21.0. The Morgan fingerprint density at radius 3 is 2.28 bits per heavy atom. The summed E-state index contributed by atoms with van der Waals surface area (Å²) in [5.41, 5.74) is 8.13. The Balaban J connectivity index is 1.20. The van der Waals surface area contributed by atoms with Crippen molar-refractivity contribution in [1.82, 2.24) is 14.8 Å². The molecule has 2 aromatic rings. The number of rotatable bonds is 11. The predicted molar refractivity (Wildman–Crippen MR) is 220 cm³/mol. The lowest BCUT2D eigenvalue weighted by molar-refractivity contribution is -0.233. The minimum atomic E-state index is -1.17. The summed E-state index contributed by atoms with van der Waals surface area (Å²) in [5, 5.41) is 19.2. The molecular formula is C47H68N4O6. The number of carbonyl (C=O) groups is 3. The van der Waals surface area contributed by atoms with E-state index in [9.17, 15) is 19.5 Å². The van der Waals surface area contributed by atoms with Crippen molar-refractivity contribution in [2.45, 2.75) is 146 Å². The molecule has 57 heavy (non-hydrogen) atoms. The summed E-state index contributed by atoms with van der Waals surface area (Å²) in [5.74, 6) is 2.73. The molecule has 0 aliphatic heterocycles. The van der Waals surface area contributed by atoms with Gasteiger partial charge in [-0.1, -0.05) is 54.0 Å². The highest BCUT2D eigenvalue weighted by Crippen LogP contribution is 2.77. The van der Waals surface area contributed by atoms with Crippen molar-refractivity contribution in [2.24, 2.45) is 61.9 Å². The Kier molecular flexibility index (Phi) is 10.5. The molecule has 312 valence electrons. The lowest BCUT2D eigenvalue weighted by atomic mass is 9.33. The maximum absolute atomic E-state index is 14.3. The number of nitrogens with zero attached hydrogens (tertiary/aromatic N) is 3. The Labute approximate surface area is 340 Å². The maximum Gasteiger partial charge on any atom is 0.309 e. The molecule has 1 aromatic heterocycles. The lowest BCUT2D eigenvalue weighted by Crippen LogP contribution is -2.65. The molecule has 3 N–H and O–H groups in total. The fourth-order valence-electron chi connectivity index (χ4n) is 13.9. The third-order valence-corrected chi connectivity index (χ3v) is 17.0. The molecule has 0 amide bonds. The Morgan fingerprint density at radius 2 is 1.65 bits per heavy atom. The fraction of sp³-hybridized carbons (Fsp3) is 0.723. The van der Waals surface area contributed by atoms with E-state index in [1.165, 1.54) is 5.57 Å². The third-order valence-electron chi connectivity index (χ3n) is 17.0. The molecule has 7 rings (SSSR count). The summed E-state index contributed by atoms with van der Waals surface area (Å²) in [6, 6.07) is 7.92. The fourth-order valence-corrected chi connectivity index (χ4v) is 13.9. The monoisotopic (exact) mass is 785 g/mol. The predicted octanol–water partition coefficient (Wildman–Crippen LogP) is 8.85. The van der Waals surface area contributed by atoms with Crippen molar-refractivity contribution in [2.75, 3.05) is 13.7 Å². The zero-order chi connectivity index (χ0) is 41.5. The first-order valence-corrected chi connectivity index (χ1v) is 21.7. The highest BCUT2D eigenvalue weighted by molar-refractivity contribution is 6.00. The van der Waals surface area contributed by atoms with Crippen LogP contribution in [-0.2, 0) is 32.1 Å². The van der Waals surface area contributed by atoms with Crippen LogP contribution in [0.4, 0.5) is 0 Å². The van der Waals surface area contributed by atoms with Gasteiger partial charge in [0.1, 0.15) is 17.7 Å². The molecule has 1 heterocycles. The molecule has 0 radical (unpaired) electrons. The molecule has 4 fully saturated rings. The van der Waals surface area contributed by atoms with Gasteiger partial charge in [-0.25, -0.2) is 0 Å². The highest BCUT2D eigenvalue weighted by atomic mass is 16.5. The van der Waals surface area contributed by atoms with E-state index >= 15 is 0 Å². The van der Waals surface area contributed by atoms with Gasteiger partial charge in [0.15, 0.2) is 11.6 Å². The molecule has 0 unspecified atom stereocenters. The number of Topliss-reactive ketones (excluding diaryl/α,β-unsaturated/α-hetero) is 1. The van der Waals surface area contributed by atoms with E-state index in [0.717, 1.165) is 79.9 Å². The van der Waals surface area contributed by atoms with E-state index in [1.807, 2.05) is 24.3 Å². The van der Waals surface area contributed by atoms with E-state index in [2.05, 4.69) is 53.0 Å². The number of carbonyl (C=O) groups excluding carboxylic acids is 2. The van der Waals surface area contributed by atoms with Crippen LogP contribution in [0, 0.1) is 56.2 Å². The van der Waals surface area contributed by atoms with Gasteiger partial charge in [0.25, 0.3) is 0 Å². The van der Waals surface area contributed by atoms with E-state index < -0.39 is 17.4 Å². The molecule has 10 heteroatoms. The van der Waals surface area contributed by atoms with Gasteiger partial charge in [-0.3, -0.25) is 14.4 Å². The van der Waals surface area contributed by atoms with Gasteiger partial charge in [0, 0.05) is 42.3 Å². The SMILES string of the molecule is COc1ccc(-c2nnc(C[C@@]34CC[C@]5(C)[C@H](CC[C@@H]6[C@@]7(C)CC[C@H](OC(=O)CC(C)(C)C(=O)O)C(C)(C)[C@@H]7CC[C@]65C)C3=C(C(C)C)C(=O)C4)n2CCN)cc1. The summed E-state index contributed by atoms with van der Waals surface area (Å²) in [6.07, 6.45) is 8.95. The Hall–Kier alpha value is -3.53. The van der Waals surface area contributed by atoms with Crippen LogP contribution < -0.4 is 10.5 Å². The summed E-state index contributed by atoms with van der Waals surface area (Å²) < 4.78 is 13.8. The summed E-state index contributed by atoms with van der Waals surface area (Å²) in [7, 11) is 1.66. The van der Waals surface area contributed by atoms with Crippen molar-refractivity contribution in [3.63, 3.8) is 0 Å². The number of nitrogens with two attached hydrogens (primary N) is 1. The normalized spacial score (nSPS) is 34.6. The molecule has 0 bridgehead atoms. The van der Waals surface area contributed by atoms with Crippen LogP contribution >= 0.6 is 0 Å². The van der Waals surface area contributed by atoms with Crippen LogP contribution in [0.25, 0.3) is 11.4 Å². The zero-order valence-electron chi connectivity index (χ0n) is 36.3. The lowest BCUT2D eigenvalue weighted by Gasteiger charge is -2.72. The van der Waals surface area contributed by atoms with E-state index in [0.29, 0.717) is 49.5 Å². The summed E-state index contributed by atoms with van der Waals surface area (Å²) in [4.78, 5) is 39.3. The van der Waals surface area contributed by atoms with Crippen molar-refractivity contribution < 1.29 is 29.0 Å². The number of fused-ring (bicyclic) bond motifs is 7. The standard InChI is InChI=1S/C47H68N4O6/c1-28(2)38-32(52)25-47(26-36-49-50-40(51(36)24-23-48)29-11-13-30(56-10)14-12-29)22-21-45(8)31(39(38)47)15-16-34-44(7)19-18-35(57-37(53)27-42(3,4)41(54)55)43(5,6)33(44)17-20-46(34,45)9/h11-14,28,31,33-35H,15-27,48H2,1-10H3,(H,54,55)/t31-,33+,34-,35+,44+,45-,46-,47+/m1/s1. The number of benzene rings is 1. The molecule has 4 saturated carbocycles. The molecule has 0 spiro atoms. The largest absolute Gasteiger partial charge is 0.497 e. The number of hydrogen-bond donors (Lipinski definition) is 2. The van der Waals surface area contributed by atoms with Crippen LogP contribution in [0.1, 0.15) is 132 Å². The van der Waals surface area contributed by atoms with Crippen molar-refractivity contribution >= 4 is 17.7 Å². The molecular weight excluding hydrogens is 717 g/mol. The second kappa shape index (κ2) is 14.3. The van der Waals surface area contributed by atoms with Gasteiger partial charge in [-0.2, -0.15) is 0 Å². The number of carboxylic acids is 1. The average Bonchev–Trinajstić information content (AvgIpc) is 3.66.